The van der Waals surface area contributed by atoms with Crippen molar-refractivity contribution < 1.29 is 14.0 Å². The van der Waals surface area contributed by atoms with Crippen LogP contribution in [-0.2, 0) is 9.59 Å². The summed E-state index contributed by atoms with van der Waals surface area (Å²) in [4.78, 5) is 27.7. The smallest absolute Gasteiger partial charge is 0.243 e. The first kappa shape index (κ1) is 17.1. The van der Waals surface area contributed by atoms with Gasteiger partial charge in [-0.05, 0) is 36.2 Å². The van der Waals surface area contributed by atoms with Gasteiger partial charge in [-0.2, -0.15) is 0 Å². The van der Waals surface area contributed by atoms with Gasteiger partial charge < -0.3 is 10.2 Å². The van der Waals surface area contributed by atoms with E-state index in [0.29, 0.717) is 18.7 Å². The van der Waals surface area contributed by atoms with E-state index in [1.807, 2.05) is 37.3 Å². The summed E-state index contributed by atoms with van der Waals surface area (Å²) in [6.07, 6.45) is 0.416. The molecule has 1 fully saturated rings. The third-order valence-corrected chi connectivity index (χ3v) is 5.17. The fraction of sp³-hybridized carbons (Fsp3) is 0.300. The number of halogens is 1. The molecule has 1 N–H and O–H groups in total. The monoisotopic (exact) mass is 340 g/mol. The van der Waals surface area contributed by atoms with Crippen LogP contribution in [0.25, 0.3) is 0 Å². The molecule has 0 spiro atoms. The van der Waals surface area contributed by atoms with Crippen LogP contribution in [0, 0.1) is 11.2 Å². The summed E-state index contributed by atoms with van der Waals surface area (Å²) in [6, 6.07) is 15.4. The van der Waals surface area contributed by atoms with Gasteiger partial charge in [0.25, 0.3) is 0 Å². The molecule has 0 radical (unpaired) electrons. The van der Waals surface area contributed by atoms with Crippen LogP contribution in [0.3, 0.4) is 0 Å². The molecular formula is C20H21FN2O2. The predicted molar refractivity (Wildman–Crippen MR) is 94.7 cm³/mol. The largest absolute Gasteiger partial charge is 0.358 e. The molecule has 1 aliphatic rings. The number of benzene rings is 2. The van der Waals surface area contributed by atoms with Crippen molar-refractivity contribution in [3.8, 4) is 0 Å². The maximum Gasteiger partial charge on any atom is 0.243 e. The SMILES string of the molecule is CNC(=O)[C@@]1([C@H](C)c2ccccc2)CCN(c2ccc(F)cc2)C1=O. The Morgan fingerprint density at radius 1 is 1.16 bits per heavy atom. The van der Waals surface area contributed by atoms with Gasteiger partial charge in [0.05, 0.1) is 0 Å². The summed E-state index contributed by atoms with van der Waals surface area (Å²) in [7, 11) is 1.55. The van der Waals surface area contributed by atoms with Crippen LogP contribution in [-0.4, -0.2) is 25.4 Å². The fourth-order valence-corrected chi connectivity index (χ4v) is 3.66. The van der Waals surface area contributed by atoms with Crippen LogP contribution in [0.2, 0.25) is 0 Å². The van der Waals surface area contributed by atoms with Crippen molar-refractivity contribution in [3.05, 3.63) is 66.0 Å². The Balaban J connectivity index is 2.01. The number of anilines is 1. The first-order valence-electron chi connectivity index (χ1n) is 8.35. The molecule has 130 valence electrons. The molecule has 1 aliphatic heterocycles. The zero-order valence-electron chi connectivity index (χ0n) is 14.3. The van der Waals surface area contributed by atoms with E-state index >= 15 is 0 Å². The number of carbonyl (C=O) groups excluding carboxylic acids is 2. The maximum absolute atomic E-state index is 13.3. The average Bonchev–Trinajstić information content (AvgIpc) is 3.00. The predicted octanol–water partition coefficient (Wildman–Crippen LogP) is 3.10. The van der Waals surface area contributed by atoms with Crippen LogP contribution in [0.1, 0.15) is 24.8 Å². The van der Waals surface area contributed by atoms with Gasteiger partial charge in [-0.1, -0.05) is 37.3 Å². The highest BCUT2D eigenvalue weighted by molar-refractivity contribution is 6.14. The van der Waals surface area contributed by atoms with Crippen molar-refractivity contribution in [1.82, 2.24) is 5.32 Å². The molecule has 5 heteroatoms. The minimum absolute atomic E-state index is 0.241. The summed E-state index contributed by atoms with van der Waals surface area (Å²) in [5.41, 5.74) is 0.391. The minimum Gasteiger partial charge on any atom is -0.358 e. The van der Waals surface area contributed by atoms with Crippen LogP contribution in [0.4, 0.5) is 10.1 Å². The maximum atomic E-state index is 13.3. The molecule has 2 aromatic carbocycles. The van der Waals surface area contributed by atoms with Gasteiger partial charge in [0, 0.05) is 25.2 Å². The Kier molecular flexibility index (Phi) is 4.57. The van der Waals surface area contributed by atoms with Crippen molar-refractivity contribution >= 4 is 17.5 Å². The summed E-state index contributed by atoms with van der Waals surface area (Å²) < 4.78 is 13.2. The number of carbonyl (C=O) groups is 2. The third-order valence-electron chi connectivity index (χ3n) is 5.17. The molecule has 3 rings (SSSR count). The number of hydrogen-bond donors (Lipinski definition) is 1. The highest BCUT2D eigenvalue weighted by Gasteiger charge is 2.56. The quantitative estimate of drug-likeness (QED) is 0.870. The number of nitrogens with zero attached hydrogens (tertiary/aromatic N) is 1. The molecule has 25 heavy (non-hydrogen) atoms. The lowest BCUT2D eigenvalue weighted by molar-refractivity contribution is -0.141. The van der Waals surface area contributed by atoms with Crippen molar-refractivity contribution in [2.45, 2.75) is 19.3 Å². The second kappa shape index (κ2) is 6.67. The van der Waals surface area contributed by atoms with Crippen molar-refractivity contribution in [3.63, 3.8) is 0 Å². The van der Waals surface area contributed by atoms with E-state index in [4.69, 9.17) is 0 Å². The van der Waals surface area contributed by atoms with Crippen molar-refractivity contribution in [2.75, 3.05) is 18.5 Å². The van der Waals surface area contributed by atoms with Crippen molar-refractivity contribution in [2.24, 2.45) is 5.41 Å². The average molecular weight is 340 g/mol. The second-order valence-corrected chi connectivity index (χ2v) is 6.37. The van der Waals surface area contributed by atoms with Crippen LogP contribution in [0.5, 0.6) is 0 Å². The van der Waals surface area contributed by atoms with E-state index in [-0.39, 0.29) is 23.5 Å². The Morgan fingerprint density at radius 2 is 1.80 bits per heavy atom. The van der Waals surface area contributed by atoms with E-state index in [9.17, 15) is 14.0 Å². The first-order valence-corrected chi connectivity index (χ1v) is 8.35. The Hall–Kier alpha value is -2.69. The minimum atomic E-state index is -1.16. The molecule has 2 aromatic rings. The van der Waals surface area contributed by atoms with Gasteiger partial charge >= 0.3 is 0 Å². The van der Waals surface area contributed by atoms with Crippen LogP contribution >= 0.6 is 0 Å². The van der Waals surface area contributed by atoms with E-state index in [1.165, 1.54) is 12.1 Å². The number of amides is 2. The molecule has 1 saturated heterocycles. The molecule has 0 unspecified atom stereocenters. The molecule has 0 saturated carbocycles. The zero-order chi connectivity index (χ0) is 18.0. The summed E-state index contributed by atoms with van der Waals surface area (Å²) >= 11 is 0. The molecule has 2 atom stereocenters. The van der Waals surface area contributed by atoms with E-state index in [2.05, 4.69) is 5.32 Å². The van der Waals surface area contributed by atoms with Gasteiger partial charge in [-0.3, -0.25) is 9.59 Å². The highest BCUT2D eigenvalue weighted by atomic mass is 19.1. The lowest BCUT2D eigenvalue weighted by Gasteiger charge is -2.32. The Morgan fingerprint density at radius 3 is 2.40 bits per heavy atom. The van der Waals surface area contributed by atoms with E-state index in [0.717, 1.165) is 5.56 Å². The van der Waals surface area contributed by atoms with Gasteiger partial charge in [0.2, 0.25) is 11.8 Å². The van der Waals surface area contributed by atoms with Gasteiger partial charge in [-0.25, -0.2) is 4.39 Å². The van der Waals surface area contributed by atoms with Gasteiger partial charge in [0.15, 0.2) is 0 Å². The normalized spacial score (nSPS) is 21.2. The summed E-state index contributed by atoms with van der Waals surface area (Å²) in [6.45, 7) is 2.34. The Bertz CT molecular complexity index is 776. The lowest BCUT2D eigenvalue weighted by atomic mass is 9.71. The standard InChI is InChI=1S/C20H21FN2O2/c1-14(15-6-4-3-5-7-15)20(18(24)22-2)12-13-23(19(20)25)17-10-8-16(21)9-11-17/h3-11,14H,12-13H2,1-2H3,(H,22,24)/t14-,20+/m1/s1. The lowest BCUT2D eigenvalue weighted by Crippen LogP contribution is -2.49. The summed E-state index contributed by atoms with van der Waals surface area (Å²) in [5.74, 6) is -1.15. The molecule has 4 nitrogen and oxygen atoms in total. The van der Waals surface area contributed by atoms with Gasteiger partial charge in [0.1, 0.15) is 11.2 Å². The number of nitrogens with one attached hydrogen (secondary N) is 1. The molecule has 0 bridgehead atoms. The fourth-order valence-electron chi connectivity index (χ4n) is 3.66. The third kappa shape index (κ3) is 2.80. The molecule has 0 aliphatic carbocycles. The van der Waals surface area contributed by atoms with Gasteiger partial charge in [-0.15, -0.1) is 0 Å². The van der Waals surface area contributed by atoms with E-state index in [1.54, 1.807) is 24.1 Å². The van der Waals surface area contributed by atoms with Crippen LogP contribution < -0.4 is 10.2 Å². The Labute approximate surface area is 146 Å². The van der Waals surface area contributed by atoms with Crippen LogP contribution in [0.15, 0.2) is 54.6 Å². The molecule has 2 amide bonds. The topological polar surface area (TPSA) is 49.4 Å². The highest BCUT2D eigenvalue weighted by Crippen LogP contribution is 2.46. The first-order chi connectivity index (χ1) is 12.0. The second-order valence-electron chi connectivity index (χ2n) is 6.37. The van der Waals surface area contributed by atoms with E-state index < -0.39 is 5.41 Å². The molecule has 0 aromatic heterocycles. The van der Waals surface area contributed by atoms with Crippen molar-refractivity contribution in [1.29, 1.82) is 0 Å². The summed E-state index contributed by atoms with van der Waals surface area (Å²) in [5, 5.41) is 2.66. The zero-order valence-corrected chi connectivity index (χ0v) is 14.3. The molecule has 1 heterocycles. The number of rotatable bonds is 4. The number of hydrogen-bond acceptors (Lipinski definition) is 2. The molecular weight excluding hydrogens is 319 g/mol.